The fourth-order valence-corrected chi connectivity index (χ4v) is 2.58. The second kappa shape index (κ2) is 4.89. The standard InChI is InChI=1S/C14H20N4O/c1-9-8-11(14(19)16-10-5-6-10)17-13(15-9)12-4-3-7-18(12)2/h8,10,12H,3-7H2,1-2H3,(H,16,19)/t12-/m1/s1. The van der Waals surface area contributed by atoms with Gasteiger partial charge in [-0.3, -0.25) is 9.69 Å². The van der Waals surface area contributed by atoms with E-state index in [0.717, 1.165) is 37.3 Å². The Bertz CT molecular complexity index is 498. The summed E-state index contributed by atoms with van der Waals surface area (Å²) in [7, 11) is 2.09. The Balaban J connectivity index is 1.84. The lowest BCUT2D eigenvalue weighted by atomic mass is 10.2. The summed E-state index contributed by atoms with van der Waals surface area (Å²) in [6.07, 6.45) is 4.42. The number of nitrogens with one attached hydrogen (secondary N) is 1. The molecule has 0 spiro atoms. The molecule has 2 heterocycles. The highest BCUT2D eigenvalue weighted by atomic mass is 16.2. The zero-order chi connectivity index (χ0) is 13.4. The zero-order valence-electron chi connectivity index (χ0n) is 11.5. The van der Waals surface area contributed by atoms with E-state index >= 15 is 0 Å². The predicted octanol–water partition coefficient (Wildman–Crippen LogP) is 1.44. The maximum absolute atomic E-state index is 12.1. The Morgan fingerprint density at radius 2 is 2.16 bits per heavy atom. The van der Waals surface area contributed by atoms with Gasteiger partial charge in [-0.2, -0.15) is 0 Å². The van der Waals surface area contributed by atoms with E-state index in [9.17, 15) is 4.79 Å². The molecular weight excluding hydrogens is 240 g/mol. The van der Waals surface area contributed by atoms with E-state index < -0.39 is 0 Å². The maximum Gasteiger partial charge on any atom is 0.270 e. The molecule has 0 aromatic carbocycles. The van der Waals surface area contributed by atoms with Gasteiger partial charge in [0.1, 0.15) is 11.5 Å². The van der Waals surface area contributed by atoms with Crippen molar-refractivity contribution in [2.24, 2.45) is 0 Å². The van der Waals surface area contributed by atoms with Gasteiger partial charge in [0.15, 0.2) is 0 Å². The Hall–Kier alpha value is -1.49. The van der Waals surface area contributed by atoms with Crippen molar-refractivity contribution in [1.82, 2.24) is 20.2 Å². The zero-order valence-corrected chi connectivity index (χ0v) is 11.5. The number of carbonyl (C=O) groups excluding carboxylic acids is 1. The number of nitrogens with zero attached hydrogens (tertiary/aromatic N) is 3. The fourth-order valence-electron chi connectivity index (χ4n) is 2.58. The number of hydrogen-bond donors (Lipinski definition) is 1. The first kappa shape index (κ1) is 12.5. The molecule has 1 saturated heterocycles. The molecule has 3 rings (SSSR count). The molecule has 1 aromatic heterocycles. The summed E-state index contributed by atoms with van der Waals surface area (Å²) in [6.45, 7) is 3.00. The van der Waals surface area contributed by atoms with Crippen LogP contribution in [0.15, 0.2) is 6.07 Å². The van der Waals surface area contributed by atoms with E-state index in [0.29, 0.717) is 11.7 Å². The maximum atomic E-state index is 12.1. The van der Waals surface area contributed by atoms with Crippen LogP contribution in [0.25, 0.3) is 0 Å². The minimum absolute atomic E-state index is 0.0603. The quantitative estimate of drug-likeness (QED) is 0.893. The molecule has 1 aliphatic heterocycles. The minimum atomic E-state index is -0.0603. The van der Waals surface area contributed by atoms with Gasteiger partial charge in [-0.1, -0.05) is 0 Å². The lowest BCUT2D eigenvalue weighted by Gasteiger charge is -2.18. The van der Waals surface area contributed by atoms with Crippen LogP contribution in [-0.2, 0) is 0 Å². The molecule has 1 saturated carbocycles. The van der Waals surface area contributed by atoms with Gasteiger partial charge >= 0.3 is 0 Å². The molecule has 1 atom stereocenters. The van der Waals surface area contributed by atoms with E-state index in [1.807, 2.05) is 6.92 Å². The van der Waals surface area contributed by atoms with E-state index in [2.05, 4.69) is 27.2 Å². The summed E-state index contributed by atoms with van der Waals surface area (Å²) in [5.41, 5.74) is 1.38. The topological polar surface area (TPSA) is 58.1 Å². The Labute approximate surface area is 113 Å². The van der Waals surface area contributed by atoms with Crippen LogP contribution in [-0.4, -0.2) is 40.4 Å². The summed E-state index contributed by atoms with van der Waals surface area (Å²) >= 11 is 0. The highest BCUT2D eigenvalue weighted by Gasteiger charge is 2.28. The smallest absolute Gasteiger partial charge is 0.270 e. The molecule has 1 N–H and O–H groups in total. The van der Waals surface area contributed by atoms with E-state index in [-0.39, 0.29) is 11.9 Å². The third-order valence-electron chi connectivity index (χ3n) is 3.84. The van der Waals surface area contributed by atoms with Crippen LogP contribution in [0.1, 0.15) is 53.7 Å². The predicted molar refractivity (Wildman–Crippen MR) is 71.9 cm³/mol. The van der Waals surface area contributed by atoms with Crippen LogP contribution in [0.4, 0.5) is 0 Å². The second-order valence-corrected chi connectivity index (χ2v) is 5.64. The van der Waals surface area contributed by atoms with Gasteiger partial charge in [0, 0.05) is 11.7 Å². The van der Waals surface area contributed by atoms with Crippen molar-refractivity contribution in [1.29, 1.82) is 0 Å². The Kier molecular flexibility index (Phi) is 3.22. The normalized spacial score (nSPS) is 23.6. The molecule has 1 amide bonds. The summed E-state index contributed by atoms with van der Waals surface area (Å²) in [5, 5.41) is 2.98. The average Bonchev–Trinajstić information content (AvgIpc) is 3.08. The number of carbonyl (C=O) groups is 1. The van der Waals surface area contributed by atoms with Crippen LogP contribution in [0, 0.1) is 6.92 Å². The molecule has 0 unspecified atom stereocenters. The second-order valence-electron chi connectivity index (χ2n) is 5.64. The van der Waals surface area contributed by atoms with Crippen LogP contribution < -0.4 is 5.32 Å². The van der Waals surface area contributed by atoms with E-state index in [1.165, 1.54) is 6.42 Å². The molecule has 5 heteroatoms. The van der Waals surface area contributed by atoms with Gasteiger partial charge < -0.3 is 5.32 Å². The van der Waals surface area contributed by atoms with E-state index in [1.54, 1.807) is 6.07 Å². The first-order chi connectivity index (χ1) is 9.13. The van der Waals surface area contributed by atoms with Crippen LogP contribution in [0.5, 0.6) is 0 Å². The van der Waals surface area contributed by atoms with Crippen molar-refractivity contribution >= 4 is 5.91 Å². The van der Waals surface area contributed by atoms with Crippen molar-refractivity contribution < 1.29 is 4.79 Å². The lowest BCUT2D eigenvalue weighted by Crippen LogP contribution is -2.28. The molecule has 0 radical (unpaired) electrons. The van der Waals surface area contributed by atoms with Crippen molar-refractivity contribution in [3.05, 3.63) is 23.3 Å². The number of aromatic nitrogens is 2. The van der Waals surface area contributed by atoms with Gasteiger partial charge in [0.2, 0.25) is 0 Å². The molecule has 0 bridgehead atoms. The number of rotatable bonds is 3. The highest BCUT2D eigenvalue weighted by molar-refractivity contribution is 5.92. The molecule has 1 aromatic rings. The molecule has 19 heavy (non-hydrogen) atoms. The minimum Gasteiger partial charge on any atom is -0.348 e. The number of amides is 1. The van der Waals surface area contributed by atoms with E-state index in [4.69, 9.17) is 0 Å². The van der Waals surface area contributed by atoms with Gasteiger partial charge in [0.25, 0.3) is 5.91 Å². The molecule has 1 aliphatic carbocycles. The van der Waals surface area contributed by atoms with Crippen molar-refractivity contribution in [3.63, 3.8) is 0 Å². The van der Waals surface area contributed by atoms with Gasteiger partial charge in [-0.15, -0.1) is 0 Å². The summed E-state index contributed by atoms with van der Waals surface area (Å²) in [4.78, 5) is 23.3. The summed E-state index contributed by atoms with van der Waals surface area (Å²) in [5.74, 6) is 0.732. The van der Waals surface area contributed by atoms with Crippen molar-refractivity contribution in [3.8, 4) is 0 Å². The van der Waals surface area contributed by atoms with Crippen LogP contribution in [0.2, 0.25) is 0 Å². The summed E-state index contributed by atoms with van der Waals surface area (Å²) < 4.78 is 0. The van der Waals surface area contributed by atoms with Gasteiger partial charge in [-0.25, -0.2) is 9.97 Å². The number of aryl methyl sites for hydroxylation is 1. The largest absolute Gasteiger partial charge is 0.348 e. The first-order valence-corrected chi connectivity index (χ1v) is 7.00. The lowest BCUT2D eigenvalue weighted by molar-refractivity contribution is 0.0945. The number of likely N-dealkylation sites (tertiary alicyclic amines) is 1. The molecule has 2 fully saturated rings. The van der Waals surface area contributed by atoms with Crippen LogP contribution >= 0.6 is 0 Å². The van der Waals surface area contributed by atoms with Crippen LogP contribution in [0.3, 0.4) is 0 Å². The first-order valence-electron chi connectivity index (χ1n) is 7.00. The van der Waals surface area contributed by atoms with Crippen molar-refractivity contribution in [2.45, 2.75) is 44.7 Å². The van der Waals surface area contributed by atoms with Crippen molar-refractivity contribution in [2.75, 3.05) is 13.6 Å². The molecule has 102 valence electrons. The Morgan fingerprint density at radius 1 is 1.37 bits per heavy atom. The third kappa shape index (κ3) is 2.76. The van der Waals surface area contributed by atoms with Gasteiger partial charge in [0.05, 0.1) is 6.04 Å². The fraction of sp³-hybridized carbons (Fsp3) is 0.643. The summed E-state index contributed by atoms with van der Waals surface area (Å²) in [6, 6.07) is 2.39. The Morgan fingerprint density at radius 3 is 2.79 bits per heavy atom. The number of hydrogen-bond acceptors (Lipinski definition) is 4. The monoisotopic (exact) mass is 260 g/mol. The molecule has 5 nitrogen and oxygen atoms in total. The third-order valence-corrected chi connectivity index (χ3v) is 3.84. The highest BCUT2D eigenvalue weighted by Crippen LogP contribution is 2.28. The average molecular weight is 260 g/mol. The molecule has 2 aliphatic rings. The SMILES string of the molecule is Cc1cc(C(=O)NC2CC2)nc([C@H]2CCCN2C)n1. The van der Waals surface area contributed by atoms with Gasteiger partial charge in [-0.05, 0) is 52.3 Å². The molecular formula is C14H20N4O.